The third-order valence-electron chi connectivity index (χ3n) is 3.52. The third-order valence-corrected chi connectivity index (χ3v) is 3.52. The molecule has 0 radical (unpaired) electrons. The summed E-state index contributed by atoms with van der Waals surface area (Å²) in [6.45, 7) is -0.0279. The van der Waals surface area contributed by atoms with Crippen LogP contribution in [0, 0.1) is 0 Å². The first-order chi connectivity index (χ1) is 12.6. The minimum absolute atomic E-state index is 0.136. The molecular weight excluding hydrogens is 336 g/mol. The molecule has 0 atom stereocenters. The molecule has 2 aromatic rings. The van der Waals surface area contributed by atoms with E-state index in [0.717, 1.165) is 5.56 Å². The van der Waals surface area contributed by atoms with Crippen LogP contribution in [0.5, 0.6) is 17.2 Å². The van der Waals surface area contributed by atoms with Crippen LogP contribution in [0.15, 0.2) is 48.5 Å². The van der Waals surface area contributed by atoms with Crippen molar-refractivity contribution in [2.24, 2.45) is 0 Å². The molecule has 0 saturated carbocycles. The second-order valence-electron chi connectivity index (χ2n) is 5.33. The van der Waals surface area contributed by atoms with Gasteiger partial charge in [-0.25, -0.2) is 0 Å². The molecule has 0 unspecified atom stereocenters. The minimum atomic E-state index is -0.372. The third kappa shape index (κ3) is 6.01. The van der Waals surface area contributed by atoms with Crippen LogP contribution in [0.25, 0.3) is 0 Å². The molecule has 2 rings (SSSR count). The van der Waals surface area contributed by atoms with Gasteiger partial charge in [-0.05, 0) is 30.3 Å². The Balaban J connectivity index is 1.74. The second-order valence-corrected chi connectivity index (χ2v) is 5.33. The van der Waals surface area contributed by atoms with Crippen LogP contribution in [0.3, 0.4) is 0 Å². The number of methoxy groups -OCH3 is 2. The Labute approximate surface area is 152 Å². The Morgan fingerprint density at radius 3 is 2.35 bits per heavy atom. The predicted molar refractivity (Wildman–Crippen MR) is 96.3 cm³/mol. The number of rotatable bonds is 9. The summed E-state index contributed by atoms with van der Waals surface area (Å²) in [5.41, 5.74) is 0.777. The fraction of sp³-hybridized carbons (Fsp3) is 0.263. The molecule has 0 spiro atoms. The van der Waals surface area contributed by atoms with E-state index in [-0.39, 0.29) is 31.5 Å². The van der Waals surface area contributed by atoms with Crippen LogP contribution < -0.4 is 24.8 Å². The molecule has 0 aliphatic heterocycles. The van der Waals surface area contributed by atoms with E-state index in [4.69, 9.17) is 14.2 Å². The van der Waals surface area contributed by atoms with Crippen molar-refractivity contribution in [3.63, 3.8) is 0 Å². The first kappa shape index (κ1) is 19.1. The lowest BCUT2D eigenvalue weighted by molar-refractivity contribution is -0.127. The van der Waals surface area contributed by atoms with Gasteiger partial charge in [-0.2, -0.15) is 0 Å². The van der Waals surface area contributed by atoms with E-state index < -0.39 is 0 Å². The standard InChI is InChI=1S/C19H22N2O5/c1-24-16-8-9-17(25-2)14(10-16)11-20-18(22)12-21-19(23)13-26-15-6-4-3-5-7-15/h3-10H,11-13H2,1-2H3,(H,20,22)(H,21,23). The summed E-state index contributed by atoms with van der Waals surface area (Å²) in [6.07, 6.45) is 0. The van der Waals surface area contributed by atoms with E-state index in [0.29, 0.717) is 17.2 Å². The quantitative estimate of drug-likeness (QED) is 0.710. The van der Waals surface area contributed by atoms with Gasteiger partial charge < -0.3 is 24.8 Å². The fourth-order valence-corrected chi connectivity index (χ4v) is 2.17. The molecular formula is C19H22N2O5. The van der Waals surface area contributed by atoms with Gasteiger partial charge >= 0.3 is 0 Å². The Morgan fingerprint density at radius 1 is 0.885 bits per heavy atom. The van der Waals surface area contributed by atoms with Gasteiger partial charge in [0.15, 0.2) is 6.61 Å². The average Bonchev–Trinajstić information content (AvgIpc) is 2.69. The Morgan fingerprint density at radius 2 is 1.65 bits per heavy atom. The van der Waals surface area contributed by atoms with E-state index in [2.05, 4.69) is 10.6 Å². The summed E-state index contributed by atoms with van der Waals surface area (Å²) in [7, 11) is 3.12. The first-order valence-electron chi connectivity index (χ1n) is 8.04. The molecule has 0 heterocycles. The molecule has 0 aromatic heterocycles. The zero-order chi connectivity index (χ0) is 18.8. The van der Waals surface area contributed by atoms with Crippen molar-refractivity contribution in [3.05, 3.63) is 54.1 Å². The number of para-hydroxylation sites is 1. The van der Waals surface area contributed by atoms with Crippen LogP contribution >= 0.6 is 0 Å². The van der Waals surface area contributed by atoms with Crippen molar-refractivity contribution in [3.8, 4) is 17.2 Å². The highest BCUT2D eigenvalue weighted by molar-refractivity contribution is 5.85. The number of nitrogens with one attached hydrogen (secondary N) is 2. The lowest BCUT2D eigenvalue weighted by atomic mass is 10.2. The Hall–Kier alpha value is -3.22. The number of carbonyl (C=O) groups excluding carboxylic acids is 2. The lowest BCUT2D eigenvalue weighted by Gasteiger charge is -2.12. The van der Waals surface area contributed by atoms with Crippen molar-refractivity contribution in [1.29, 1.82) is 0 Å². The van der Waals surface area contributed by atoms with E-state index in [1.807, 2.05) is 18.2 Å². The molecule has 0 aliphatic rings. The number of benzene rings is 2. The molecule has 7 heteroatoms. The minimum Gasteiger partial charge on any atom is -0.497 e. The van der Waals surface area contributed by atoms with Gasteiger partial charge in [0.25, 0.3) is 5.91 Å². The highest BCUT2D eigenvalue weighted by Crippen LogP contribution is 2.23. The van der Waals surface area contributed by atoms with Gasteiger partial charge in [-0.1, -0.05) is 18.2 Å². The summed E-state index contributed by atoms with van der Waals surface area (Å²) < 4.78 is 15.7. The van der Waals surface area contributed by atoms with Gasteiger partial charge in [-0.15, -0.1) is 0 Å². The van der Waals surface area contributed by atoms with Crippen molar-refractivity contribution < 1.29 is 23.8 Å². The van der Waals surface area contributed by atoms with Crippen LogP contribution in [0.1, 0.15) is 5.56 Å². The molecule has 7 nitrogen and oxygen atoms in total. The van der Waals surface area contributed by atoms with Crippen LogP contribution in [0.2, 0.25) is 0 Å². The van der Waals surface area contributed by atoms with Crippen molar-refractivity contribution in [2.45, 2.75) is 6.54 Å². The highest BCUT2D eigenvalue weighted by Gasteiger charge is 2.09. The van der Waals surface area contributed by atoms with E-state index in [1.54, 1.807) is 44.6 Å². The summed E-state index contributed by atoms with van der Waals surface area (Å²) in [5.74, 6) is 1.22. The maximum atomic E-state index is 11.9. The molecule has 0 saturated heterocycles. The van der Waals surface area contributed by atoms with Crippen molar-refractivity contribution in [2.75, 3.05) is 27.4 Å². The maximum Gasteiger partial charge on any atom is 0.258 e. The van der Waals surface area contributed by atoms with Gasteiger partial charge in [0, 0.05) is 12.1 Å². The average molecular weight is 358 g/mol. The van der Waals surface area contributed by atoms with Crippen LogP contribution in [-0.4, -0.2) is 39.2 Å². The fourth-order valence-electron chi connectivity index (χ4n) is 2.17. The molecule has 138 valence electrons. The van der Waals surface area contributed by atoms with Gasteiger partial charge in [-0.3, -0.25) is 9.59 Å². The van der Waals surface area contributed by atoms with E-state index >= 15 is 0 Å². The summed E-state index contributed by atoms with van der Waals surface area (Å²) in [5, 5.41) is 5.23. The predicted octanol–water partition coefficient (Wildman–Crippen LogP) is 1.52. The van der Waals surface area contributed by atoms with E-state index in [9.17, 15) is 9.59 Å². The highest BCUT2D eigenvalue weighted by atomic mass is 16.5. The normalized spacial score (nSPS) is 9.92. The molecule has 0 aliphatic carbocycles. The molecule has 2 N–H and O–H groups in total. The number of ether oxygens (including phenoxy) is 3. The SMILES string of the molecule is COc1ccc(OC)c(CNC(=O)CNC(=O)COc2ccccc2)c1. The molecule has 2 amide bonds. The number of hydrogen-bond acceptors (Lipinski definition) is 5. The van der Waals surface area contributed by atoms with Crippen molar-refractivity contribution >= 4 is 11.8 Å². The number of carbonyl (C=O) groups is 2. The second kappa shape index (κ2) is 9.93. The zero-order valence-corrected chi connectivity index (χ0v) is 14.8. The number of amides is 2. The molecule has 2 aromatic carbocycles. The van der Waals surface area contributed by atoms with Gasteiger partial charge in [0.1, 0.15) is 17.2 Å². The largest absolute Gasteiger partial charge is 0.497 e. The van der Waals surface area contributed by atoms with E-state index in [1.165, 1.54) is 0 Å². The zero-order valence-electron chi connectivity index (χ0n) is 14.8. The monoisotopic (exact) mass is 358 g/mol. The molecule has 0 bridgehead atoms. The summed E-state index contributed by atoms with van der Waals surface area (Å²) in [4.78, 5) is 23.6. The van der Waals surface area contributed by atoms with Gasteiger partial charge in [0.2, 0.25) is 5.91 Å². The molecule has 26 heavy (non-hydrogen) atoms. The first-order valence-corrected chi connectivity index (χ1v) is 8.04. The van der Waals surface area contributed by atoms with Crippen LogP contribution in [0.4, 0.5) is 0 Å². The maximum absolute atomic E-state index is 11.9. The summed E-state index contributed by atoms with van der Waals surface area (Å²) in [6, 6.07) is 14.3. The Bertz CT molecular complexity index is 734. The summed E-state index contributed by atoms with van der Waals surface area (Å²) >= 11 is 0. The topological polar surface area (TPSA) is 85.9 Å². The Kier molecular flexibility index (Phi) is 7.30. The smallest absolute Gasteiger partial charge is 0.258 e. The lowest BCUT2D eigenvalue weighted by Crippen LogP contribution is -2.38. The van der Waals surface area contributed by atoms with Crippen molar-refractivity contribution in [1.82, 2.24) is 10.6 Å². The van der Waals surface area contributed by atoms with Crippen LogP contribution in [-0.2, 0) is 16.1 Å². The van der Waals surface area contributed by atoms with Gasteiger partial charge in [0.05, 0.1) is 20.8 Å². The number of hydrogen-bond donors (Lipinski definition) is 2. The molecule has 0 fully saturated rings.